The first-order valence-corrected chi connectivity index (χ1v) is 35.9. The molecule has 21 heteroatoms. The maximum absolute atomic E-state index is 12.8. The van der Waals surface area contributed by atoms with Crippen molar-refractivity contribution in [2.45, 2.75) is 273 Å². The Kier molecular flexibility index (Phi) is 32.1. The number of nitrogens with zero attached hydrogens (tertiary/aromatic N) is 4. The molecule has 0 saturated heterocycles. The van der Waals surface area contributed by atoms with Crippen molar-refractivity contribution in [3.63, 3.8) is 0 Å². The van der Waals surface area contributed by atoms with E-state index in [1.54, 1.807) is 13.8 Å². The lowest BCUT2D eigenvalue weighted by molar-refractivity contribution is -0.148. The van der Waals surface area contributed by atoms with E-state index in [2.05, 4.69) is 145 Å². The molecule has 0 fully saturated rings. The normalized spacial score (nSPS) is 13.6. The van der Waals surface area contributed by atoms with Crippen LogP contribution in [0.1, 0.15) is 229 Å². The van der Waals surface area contributed by atoms with Gasteiger partial charge in [0.15, 0.2) is 17.4 Å². The van der Waals surface area contributed by atoms with Gasteiger partial charge in [-0.2, -0.15) is 0 Å². The molecule has 0 radical (unpaired) electrons. The molecule has 0 saturated carbocycles. The van der Waals surface area contributed by atoms with E-state index in [0.29, 0.717) is 65.9 Å². The number of hydrogen-bond acceptors (Lipinski definition) is 20. The number of carbonyl (C=O) groups excluding carboxylic acids is 3. The maximum atomic E-state index is 12.8. The molecule has 14 nitrogen and oxygen atoms in total. The smallest absolute Gasteiger partial charge is 0.306 e. The third-order valence-electron chi connectivity index (χ3n) is 13.4. The van der Waals surface area contributed by atoms with Gasteiger partial charge in [0.05, 0.1) is 12.2 Å². The number of ether oxygens (including phenoxy) is 2. The monoisotopic (exact) mass is 1360 g/mol. The van der Waals surface area contributed by atoms with E-state index in [-0.39, 0.29) is 94.4 Å². The molecule has 2 aromatic heterocycles. The van der Waals surface area contributed by atoms with Gasteiger partial charge < -0.3 is 35.0 Å². The van der Waals surface area contributed by atoms with Gasteiger partial charge in [-0.25, -0.2) is 0 Å². The number of carbonyl (C=O) groups is 3. The maximum Gasteiger partial charge on any atom is 0.306 e. The average molecular weight is 1370 g/mol. The second-order valence-electron chi connectivity index (χ2n) is 28.7. The van der Waals surface area contributed by atoms with Gasteiger partial charge in [0.25, 0.3) is 0 Å². The summed E-state index contributed by atoms with van der Waals surface area (Å²) in [6.45, 7) is 44.6. The predicted octanol–water partition coefficient (Wildman–Crippen LogP) is 17.3. The van der Waals surface area contributed by atoms with Crippen LogP contribution in [-0.4, -0.2) is 111 Å². The highest BCUT2D eigenvalue weighted by atomic mass is 35.5. The lowest BCUT2D eigenvalue weighted by atomic mass is 9.78. The summed E-state index contributed by atoms with van der Waals surface area (Å²) in [5.41, 5.74) is 7.22. The van der Waals surface area contributed by atoms with Crippen LogP contribution in [0.2, 0.25) is 0 Å². The number of halogens is 1. The minimum absolute atomic E-state index is 0. The zero-order valence-electron chi connectivity index (χ0n) is 56.2. The number of aromatic nitrogens is 4. The van der Waals surface area contributed by atoms with Crippen LogP contribution >= 0.6 is 81.3 Å². The number of esters is 2. The first-order chi connectivity index (χ1) is 40.3. The minimum atomic E-state index is -0.326. The molecule has 4 atom stereocenters. The van der Waals surface area contributed by atoms with E-state index >= 15 is 0 Å². The van der Waals surface area contributed by atoms with Gasteiger partial charge in [0, 0.05) is 42.3 Å². The Morgan fingerprint density at radius 3 is 0.843 bits per heavy atom. The predicted molar refractivity (Wildman–Crippen MR) is 376 cm³/mol. The van der Waals surface area contributed by atoms with Gasteiger partial charge in [-0.15, -0.1) is 20.4 Å². The number of benzene rings is 3. The molecule has 0 spiro atoms. The summed E-state index contributed by atoms with van der Waals surface area (Å²) in [5.74, 6) is 2.89. The molecule has 0 amide bonds. The van der Waals surface area contributed by atoms with Crippen LogP contribution in [0.25, 0.3) is 0 Å². The highest BCUT2D eigenvalue weighted by Gasteiger charge is 2.30. The molecule has 0 aliphatic carbocycles. The topological polar surface area (TPSA) is 222 Å². The minimum Gasteiger partial charge on any atom is -0.507 e. The fourth-order valence-electron chi connectivity index (χ4n) is 8.70. The molecule has 4 unspecified atom stereocenters. The Morgan fingerprint density at radius 2 is 0.640 bits per heavy atom. The molecule has 5 N–H and O–H groups in total. The largest absolute Gasteiger partial charge is 0.507 e. The lowest BCUT2D eigenvalue weighted by Gasteiger charge is -2.28. The van der Waals surface area contributed by atoms with Crippen molar-refractivity contribution in [2.24, 2.45) is 0 Å². The molecule has 3 aromatic carbocycles. The second kappa shape index (κ2) is 35.1. The van der Waals surface area contributed by atoms with Gasteiger partial charge in [-0.05, 0) is 141 Å². The van der Waals surface area contributed by atoms with Gasteiger partial charge in [-0.1, -0.05) is 238 Å². The van der Waals surface area contributed by atoms with Crippen molar-refractivity contribution < 1.29 is 49.4 Å². The Morgan fingerprint density at radius 1 is 0.427 bits per heavy atom. The average Bonchev–Trinajstić information content (AvgIpc) is 1.39. The van der Waals surface area contributed by atoms with E-state index in [9.17, 15) is 29.7 Å². The molecular weight excluding hydrogens is 1260 g/mol. The van der Waals surface area contributed by atoms with Gasteiger partial charge in [-0.3, -0.25) is 14.4 Å². The molecule has 0 aliphatic heterocycles. The standard InChI is InChI=1S/C42H62N2O6S3.C17H25ClO2.C8H14N2O2S3.CH4/c1-25(49-33(45)17-15-27-19-29(39(3,4)5)35(47)30(20-27)40(6,7)8)23-51-37-43-44-38(53-37)52-24-26(2)50-34(46)18-16-28-21-31(41(9,10)11)36(48)32(22-28)42(12,13)14;1-16(2,3)12-9-11(7-8-14(18)19)10-13(15(12)20)17(4,5)6;1-5(11)3-13-7-9-10-8(15-7)14-4-6(2)12;/h19-22,25-26,47-48H,15-18,23-24H2,1-14H3;9-10,20H,7-8H2,1-6H3;5-6,11-12H,3-4H2,1-2H3;1H4. The summed E-state index contributed by atoms with van der Waals surface area (Å²) in [4.78, 5) is 36.5. The summed E-state index contributed by atoms with van der Waals surface area (Å²) in [7, 11) is 0. The van der Waals surface area contributed by atoms with Crippen LogP contribution in [-0.2, 0) is 75.6 Å². The number of aliphatic hydroxyl groups excluding tert-OH is 2. The zero-order valence-corrected chi connectivity index (χ0v) is 61.9. The number of thioether (sulfide) groups is 4. The molecule has 5 aromatic rings. The zero-order chi connectivity index (χ0) is 67.1. The molecule has 2 heterocycles. The fraction of sp³-hybridized carbons (Fsp3) is 0.632. The summed E-state index contributed by atoms with van der Waals surface area (Å²) >= 11 is 14.4. The second-order valence-corrected chi connectivity index (χ2v) is 36.1. The number of rotatable bonds is 23. The number of aryl methyl sites for hydroxylation is 3. The molecule has 89 heavy (non-hydrogen) atoms. The van der Waals surface area contributed by atoms with E-state index in [0.717, 1.165) is 67.4 Å². The first kappa shape index (κ1) is 81.5. The quantitative estimate of drug-likeness (QED) is 0.0233. The van der Waals surface area contributed by atoms with Gasteiger partial charge in [0.2, 0.25) is 5.24 Å². The van der Waals surface area contributed by atoms with Crippen LogP contribution in [0.15, 0.2) is 53.8 Å². The first-order valence-electron chi connectivity index (χ1n) is 30.0. The van der Waals surface area contributed by atoms with Crippen LogP contribution < -0.4 is 0 Å². The van der Waals surface area contributed by atoms with Gasteiger partial charge >= 0.3 is 11.9 Å². The van der Waals surface area contributed by atoms with Crippen molar-refractivity contribution in [3.05, 3.63) is 86.5 Å². The third-order valence-corrected chi connectivity index (χ3v) is 20.9. The Hall–Kier alpha value is -3.60. The van der Waals surface area contributed by atoms with Crippen molar-refractivity contribution in [2.75, 3.05) is 23.0 Å². The molecule has 5 rings (SSSR count). The number of aromatic hydroxyl groups is 3. The van der Waals surface area contributed by atoms with E-state index < -0.39 is 0 Å². The molecule has 0 bridgehead atoms. The number of hydrogen-bond donors (Lipinski definition) is 5. The molecular formula is C68H105ClN4O10S6. The highest BCUT2D eigenvalue weighted by Crippen LogP contribution is 2.43. The summed E-state index contributed by atoms with van der Waals surface area (Å²) in [6, 6.07) is 12.0. The van der Waals surface area contributed by atoms with Crippen LogP contribution in [0.5, 0.6) is 17.2 Å². The summed E-state index contributed by atoms with van der Waals surface area (Å²) in [5, 5.41) is 67.0. The van der Waals surface area contributed by atoms with Gasteiger partial charge in [0.1, 0.15) is 29.5 Å². The SMILES string of the molecule is C.CC(C)(C)c1cc(CCC(=O)Cl)cc(C(C)(C)C)c1O.CC(CSc1nnc(SCC(C)OC(=O)CCc2cc(C(C)(C)C)c(O)c(C(C)(C)C)c2)s1)OC(=O)CCc1cc(C(C)(C)C)c(O)c(C(C)(C)C)c1.CC(O)CSc1nnc(SCC(C)O)s1. The van der Waals surface area contributed by atoms with E-state index in [1.165, 1.54) is 69.7 Å². The van der Waals surface area contributed by atoms with Crippen LogP contribution in [0.3, 0.4) is 0 Å². The fourth-order valence-corrected chi connectivity index (χ4v) is 14.5. The van der Waals surface area contributed by atoms with E-state index in [1.807, 2.05) is 50.2 Å². The molecule has 500 valence electrons. The van der Waals surface area contributed by atoms with Crippen LogP contribution in [0.4, 0.5) is 0 Å². The highest BCUT2D eigenvalue weighted by molar-refractivity contribution is 8.03. The molecule has 0 aliphatic rings. The summed E-state index contributed by atoms with van der Waals surface area (Å²) < 4.78 is 14.7. The number of aliphatic hydroxyl groups is 2. The van der Waals surface area contributed by atoms with E-state index in [4.69, 9.17) is 31.3 Å². The number of phenols is 3. The Labute approximate surface area is 563 Å². The lowest BCUT2D eigenvalue weighted by Crippen LogP contribution is -2.19. The van der Waals surface area contributed by atoms with Crippen molar-refractivity contribution in [3.8, 4) is 17.2 Å². The number of phenolic OH excluding ortho intramolecular Hbond substituents is 3. The Bertz CT molecular complexity index is 2810. The van der Waals surface area contributed by atoms with Crippen LogP contribution in [0, 0.1) is 0 Å². The summed E-state index contributed by atoms with van der Waals surface area (Å²) in [6.07, 6.45) is 1.24. The Balaban J connectivity index is 0.000000606. The van der Waals surface area contributed by atoms with Crippen molar-refractivity contribution in [1.29, 1.82) is 0 Å². The van der Waals surface area contributed by atoms with Crippen molar-refractivity contribution >= 4 is 98.5 Å². The third kappa shape index (κ3) is 28.7. The van der Waals surface area contributed by atoms with Crippen molar-refractivity contribution in [1.82, 2.24) is 20.4 Å².